The fourth-order valence-corrected chi connectivity index (χ4v) is 9.89. The number of amides is 3. The topological polar surface area (TPSA) is 178 Å². The zero-order valence-electron chi connectivity index (χ0n) is 33.9. The summed E-state index contributed by atoms with van der Waals surface area (Å²) in [5.74, 6) is 0.379. The number of hydrogen-bond donors (Lipinski definition) is 3. The van der Waals surface area contributed by atoms with Crippen LogP contribution in [-0.4, -0.2) is 112 Å². The lowest BCUT2D eigenvalue weighted by Gasteiger charge is -2.35. The first-order valence-corrected chi connectivity index (χ1v) is 21.5. The lowest BCUT2D eigenvalue weighted by molar-refractivity contribution is -0.146. The summed E-state index contributed by atoms with van der Waals surface area (Å²) in [7, 11) is 1.58. The first kappa shape index (κ1) is 42.1. The number of alkyl carbamates (subject to hydrolysis) is 1. The Balaban J connectivity index is 1.20. The highest BCUT2D eigenvalue weighted by molar-refractivity contribution is 8.14. The molecule has 1 aromatic carbocycles. The maximum absolute atomic E-state index is 14.7. The van der Waals surface area contributed by atoms with Gasteiger partial charge in [0.05, 0.1) is 30.4 Å². The molecular weight excluding hydrogens is 786 g/mol. The maximum Gasteiger partial charge on any atom is 0.408 e. The number of carboxylic acids is 1. The number of methoxy groups -OCH3 is 1. The van der Waals surface area contributed by atoms with Crippen molar-refractivity contribution in [3.8, 4) is 11.5 Å². The predicted octanol–water partition coefficient (Wildman–Crippen LogP) is 5.86. The van der Waals surface area contributed by atoms with Gasteiger partial charge in [-0.2, -0.15) is 0 Å². The number of halogens is 1. The standard InChI is InChI=1S/C42H54ClN5O9S/c1-8-24-18-42(24,39(51)52)47-36(49)30-16-26(19-48(30)38(50)35(41(4,5)6)46-40(53)57-25-14-22-13-23(22)15-25)56-32-17-28(37-45-29(20-58-37)21(2)3)44-34-27(32)9-10-31(33(34)43)55-12-11-54-7/h8-10,17,21-26,29-30,35H,1,11-16,18-20H2,2-7H3,(H,46,53)(H,47,49)(H,51,52)/t22-,23+,24-,25+,26-,29?,30+,35-,42-/m1/s1. The summed E-state index contributed by atoms with van der Waals surface area (Å²) in [5.41, 5.74) is -1.31. The minimum absolute atomic E-state index is 0.0343. The lowest BCUT2D eigenvalue weighted by atomic mass is 9.85. The van der Waals surface area contributed by atoms with Gasteiger partial charge >= 0.3 is 12.1 Å². The van der Waals surface area contributed by atoms with E-state index in [0.29, 0.717) is 52.5 Å². The molecule has 14 nitrogen and oxygen atoms in total. The molecule has 4 fully saturated rings. The fourth-order valence-electron chi connectivity index (χ4n) is 8.38. The molecular formula is C42H54ClN5O9S. The van der Waals surface area contributed by atoms with Gasteiger partial charge in [0.1, 0.15) is 58.0 Å². The second-order valence-corrected chi connectivity index (χ2v) is 19.1. The van der Waals surface area contributed by atoms with Crippen molar-refractivity contribution in [1.29, 1.82) is 0 Å². The number of likely N-dealkylation sites (tertiary alicyclic amines) is 1. The van der Waals surface area contributed by atoms with Crippen molar-refractivity contribution in [3.63, 3.8) is 0 Å². The van der Waals surface area contributed by atoms with E-state index in [9.17, 15) is 24.3 Å². The number of carbonyl (C=O) groups excluding carboxylic acids is 3. The first-order chi connectivity index (χ1) is 27.5. The summed E-state index contributed by atoms with van der Waals surface area (Å²) < 4.78 is 23.6. The molecule has 314 valence electrons. The van der Waals surface area contributed by atoms with E-state index in [1.54, 1.807) is 37.1 Å². The number of thioether (sulfide) groups is 1. The summed E-state index contributed by atoms with van der Waals surface area (Å²) in [6.45, 7) is 14.1. The average Bonchev–Trinajstić information content (AvgIpc) is 3.81. The second kappa shape index (κ2) is 16.5. The van der Waals surface area contributed by atoms with Crippen LogP contribution < -0.4 is 20.1 Å². The van der Waals surface area contributed by atoms with Crippen LogP contribution in [0.4, 0.5) is 4.79 Å². The number of carbonyl (C=O) groups is 4. The molecule has 9 atom stereocenters. The number of ether oxygens (including phenoxy) is 4. The van der Waals surface area contributed by atoms with E-state index in [1.807, 2.05) is 20.8 Å². The largest absolute Gasteiger partial charge is 0.490 e. The van der Waals surface area contributed by atoms with Gasteiger partial charge in [-0.25, -0.2) is 14.6 Å². The molecule has 5 aliphatic rings. The Kier molecular flexibility index (Phi) is 12.0. The van der Waals surface area contributed by atoms with Gasteiger partial charge in [0.15, 0.2) is 0 Å². The first-order valence-electron chi connectivity index (χ1n) is 20.1. The fraction of sp³-hybridized carbons (Fsp3) is 0.619. The van der Waals surface area contributed by atoms with Crippen LogP contribution in [0, 0.1) is 29.1 Å². The molecule has 1 unspecified atom stereocenters. The van der Waals surface area contributed by atoms with E-state index in [0.717, 1.165) is 23.6 Å². The van der Waals surface area contributed by atoms with Gasteiger partial charge in [0.2, 0.25) is 11.8 Å². The minimum Gasteiger partial charge on any atom is -0.490 e. The van der Waals surface area contributed by atoms with Crippen molar-refractivity contribution < 1.29 is 43.2 Å². The quantitative estimate of drug-likeness (QED) is 0.145. The molecule has 3 aliphatic carbocycles. The Hall–Kier alpha value is -4.08. The number of fused-ring (bicyclic) bond motifs is 2. The summed E-state index contributed by atoms with van der Waals surface area (Å²) in [4.78, 5) is 65.9. The van der Waals surface area contributed by atoms with E-state index in [2.05, 4.69) is 31.1 Å². The highest BCUT2D eigenvalue weighted by atomic mass is 35.5. The molecule has 0 bridgehead atoms. The van der Waals surface area contributed by atoms with Gasteiger partial charge in [-0.15, -0.1) is 18.3 Å². The highest BCUT2D eigenvalue weighted by Crippen LogP contribution is 2.52. The van der Waals surface area contributed by atoms with Crippen molar-refractivity contribution >= 4 is 63.2 Å². The number of aromatic nitrogens is 1. The van der Waals surface area contributed by atoms with E-state index in [4.69, 9.17) is 40.5 Å². The van der Waals surface area contributed by atoms with Crippen LogP contribution in [0.5, 0.6) is 11.5 Å². The highest BCUT2D eigenvalue weighted by Gasteiger charge is 2.61. The van der Waals surface area contributed by atoms with E-state index in [-0.39, 0.29) is 43.2 Å². The smallest absolute Gasteiger partial charge is 0.408 e. The van der Waals surface area contributed by atoms with Gasteiger partial charge < -0.3 is 39.6 Å². The third kappa shape index (κ3) is 8.63. The lowest BCUT2D eigenvalue weighted by Crippen LogP contribution is -2.59. The number of aliphatic imine (C=N–C) groups is 1. The molecule has 1 saturated heterocycles. The minimum atomic E-state index is -1.52. The summed E-state index contributed by atoms with van der Waals surface area (Å²) in [6.07, 6.45) is 2.93. The SMILES string of the molecule is C=C[C@@H]1C[C@]1(NC(=O)[C@@H]1C[C@@H](Oc2cc(C3=NC(C(C)C)CS3)nc3c(Cl)c(OCCOC)ccc23)CN1C(=O)[C@@H](NC(=O)O[C@@H]1C[C@@H]2C[C@@H]2C1)C(C)(C)C)C(=O)O. The number of aliphatic carboxylic acids is 1. The third-order valence-electron chi connectivity index (χ3n) is 12.1. The Labute approximate surface area is 348 Å². The van der Waals surface area contributed by atoms with Crippen molar-refractivity contribution in [2.75, 3.05) is 32.6 Å². The molecule has 1 aromatic heterocycles. The molecule has 2 aliphatic heterocycles. The van der Waals surface area contributed by atoms with Crippen molar-refractivity contribution in [1.82, 2.24) is 20.5 Å². The van der Waals surface area contributed by atoms with Crippen molar-refractivity contribution in [2.45, 2.75) is 103 Å². The van der Waals surface area contributed by atoms with Crippen LogP contribution in [-0.2, 0) is 23.9 Å². The predicted molar refractivity (Wildman–Crippen MR) is 221 cm³/mol. The molecule has 3 heterocycles. The van der Waals surface area contributed by atoms with E-state index >= 15 is 0 Å². The maximum atomic E-state index is 14.7. The number of rotatable bonds is 15. The van der Waals surface area contributed by atoms with E-state index in [1.165, 1.54) is 17.4 Å². The molecule has 16 heteroatoms. The molecule has 58 heavy (non-hydrogen) atoms. The van der Waals surface area contributed by atoms with Crippen LogP contribution in [0.3, 0.4) is 0 Å². The summed E-state index contributed by atoms with van der Waals surface area (Å²) >= 11 is 8.56. The summed E-state index contributed by atoms with van der Waals surface area (Å²) in [6, 6.07) is 3.25. The number of nitrogens with zero attached hydrogens (tertiary/aromatic N) is 3. The third-order valence-corrected chi connectivity index (χ3v) is 13.5. The van der Waals surface area contributed by atoms with Crippen LogP contribution in [0.1, 0.15) is 72.4 Å². The molecule has 0 spiro atoms. The molecule has 3 N–H and O–H groups in total. The number of benzene rings is 1. The number of carboxylic acid groups (broad SMARTS) is 1. The number of pyridine rings is 1. The van der Waals surface area contributed by atoms with Crippen LogP contribution in [0.15, 0.2) is 35.8 Å². The number of nitrogens with one attached hydrogen (secondary N) is 2. The average molecular weight is 840 g/mol. The Morgan fingerprint density at radius 3 is 2.47 bits per heavy atom. The van der Waals surface area contributed by atoms with Gasteiger partial charge in [0, 0.05) is 36.7 Å². The zero-order chi connectivity index (χ0) is 41.7. The Bertz CT molecular complexity index is 2000. The monoisotopic (exact) mass is 839 g/mol. The second-order valence-electron chi connectivity index (χ2n) is 17.7. The molecule has 3 amide bonds. The molecule has 3 saturated carbocycles. The molecule has 7 rings (SSSR count). The molecule has 2 aromatic rings. The Morgan fingerprint density at radius 2 is 1.84 bits per heavy atom. The Morgan fingerprint density at radius 1 is 1.10 bits per heavy atom. The normalized spacial score (nSPS) is 29.1. The van der Waals surface area contributed by atoms with Gasteiger partial charge in [-0.1, -0.05) is 52.3 Å². The van der Waals surface area contributed by atoms with Crippen LogP contribution in [0.2, 0.25) is 5.02 Å². The van der Waals surface area contributed by atoms with Gasteiger partial charge in [-0.3, -0.25) is 14.6 Å². The van der Waals surface area contributed by atoms with Gasteiger partial charge in [0.25, 0.3) is 0 Å². The van der Waals surface area contributed by atoms with Crippen LogP contribution in [0.25, 0.3) is 10.9 Å². The summed E-state index contributed by atoms with van der Waals surface area (Å²) in [5, 5.41) is 17.3. The van der Waals surface area contributed by atoms with Crippen molar-refractivity contribution in [3.05, 3.63) is 41.6 Å². The zero-order valence-corrected chi connectivity index (χ0v) is 35.5. The number of hydrogen-bond acceptors (Lipinski definition) is 11. The van der Waals surface area contributed by atoms with Crippen LogP contribution >= 0.6 is 23.4 Å². The van der Waals surface area contributed by atoms with Crippen molar-refractivity contribution in [2.24, 2.45) is 34.1 Å². The van der Waals surface area contributed by atoms with E-state index < -0.39 is 58.9 Å². The molecule has 0 radical (unpaired) electrons. The van der Waals surface area contributed by atoms with Gasteiger partial charge in [-0.05, 0) is 61.0 Å².